The van der Waals surface area contributed by atoms with E-state index in [1.807, 2.05) is 24.3 Å². The van der Waals surface area contributed by atoms with Crippen LogP contribution in [0.1, 0.15) is 23.6 Å². The van der Waals surface area contributed by atoms with Crippen LogP contribution in [0.15, 0.2) is 66.7 Å². The first kappa shape index (κ1) is 16.3. The molecule has 0 spiro atoms. The van der Waals surface area contributed by atoms with Crippen molar-refractivity contribution >= 4 is 11.6 Å². The molecule has 3 rings (SSSR count). The van der Waals surface area contributed by atoms with E-state index in [1.54, 1.807) is 12.1 Å². The van der Waals surface area contributed by atoms with Crippen LogP contribution in [0.4, 0.5) is 4.39 Å². The van der Waals surface area contributed by atoms with Gasteiger partial charge in [0.05, 0.1) is 5.56 Å². The second-order valence-corrected chi connectivity index (χ2v) is 5.94. The molecular formula is C22H16ClF. The third kappa shape index (κ3) is 3.85. The molecule has 0 amide bonds. The minimum atomic E-state index is -0.400. The summed E-state index contributed by atoms with van der Waals surface area (Å²) in [6.45, 7) is 2.14. The van der Waals surface area contributed by atoms with Gasteiger partial charge in [-0.1, -0.05) is 66.8 Å². The maximum Gasteiger partial charge on any atom is 0.140 e. The van der Waals surface area contributed by atoms with E-state index >= 15 is 0 Å². The number of hydrogen-bond donors (Lipinski definition) is 0. The highest BCUT2D eigenvalue weighted by Crippen LogP contribution is 2.20. The minimum Gasteiger partial charge on any atom is -0.206 e. The predicted molar refractivity (Wildman–Crippen MR) is 98.6 cm³/mol. The molecule has 118 valence electrons. The van der Waals surface area contributed by atoms with Crippen LogP contribution in [0.5, 0.6) is 0 Å². The lowest BCUT2D eigenvalue weighted by Gasteiger charge is -2.03. The SMILES string of the molecule is CCc1ccc(-c2ccc(C#Cc3ccc(Cl)cc3F)cc2)cc1. The molecule has 0 fully saturated rings. The Morgan fingerprint density at radius 2 is 1.46 bits per heavy atom. The van der Waals surface area contributed by atoms with E-state index in [4.69, 9.17) is 11.6 Å². The quantitative estimate of drug-likeness (QED) is 0.496. The molecule has 24 heavy (non-hydrogen) atoms. The Hall–Kier alpha value is -2.56. The Kier molecular flexibility index (Phi) is 4.99. The summed E-state index contributed by atoms with van der Waals surface area (Å²) in [5.74, 6) is 5.43. The van der Waals surface area contributed by atoms with Crippen molar-refractivity contribution in [2.45, 2.75) is 13.3 Å². The van der Waals surface area contributed by atoms with Gasteiger partial charge in [-0.2, -0.15) is 0 Å². The molecule has 0 nitrogen and oxygen atoms in total. The van der Waals surface area contributed by atoms with Gasteiger partial charge in [0, 0.05) is 10.6 Å². The molecule has 0 saturated carbocycles. The molecule has 0 bridgehead atoms. The highest BCUT2D eigenvalue weighted by molar-refractivity contribution is 6.30. The molecule has 0 heterocycles. The van der Waals surface area contributed by atoms with Crippen molar-refractivity contribution < 1.29 is 4.39 Å². The van der Waals surface area contributed by atoms with Crippen LogP contribution in [-0.2, 0) is 6.42 Å². The maximum absolute atomic E-state index is 13.7. The molecule has 0 atom stereocenters. The van der Waals surface area contributed by atoms with Crippen molar-refractivity contribution in [3.05, 3.63) is 94.3 Å². The van der Waals surface area contributed by atoms with Crippen molar-refractivity contribution in [1.82, 2.24) is 0 Å². The molecule has 0 aliphatic heterocycles. The van der Waals surface area contributed by atoms with E-state index in [1.165, 1.54) is 17.2 Å². The van der Waals surface area contributed by atoms with Crippen molar-refractivity contribution in [1.29, 1.82) is 0 Å². The van der Waals surface area contributed by atoms with Crippen LogP contribution in [0.25, 0.3) is 11.1 Å². The molecule has 0 radical (unpaired) electrons. The first-order valence-electron chi connectivity index (χ1n) is 7.82. The van der Waals surface area contributed by atoms with Gasteiger partial charge in [0.25, 0.3) is 0 Å². The highest BCUT2D eigenvalue weighted by atomic mass is 35.5. The summed E-state index contributed by atoms with van der Waals surface area (Å²) in [5, 5.41) is 0.372. The summed E-state index contributed by atoms with van der Waals surface area (Å²) in [6, 6.07) is 21.0. The fourth-order valence-electron chi connectivity index (χ4n) is 2.41. The summed E-state index contributed by atoms with van der Waals surface area (Å²) in [4.78, 5) is 0. The molecule has 3 aromatic carbocycles. The standard InChI is InChI=1S/C22H16ClF/c1-2-16-3-8-18(9-4-16)19-10-5-17(6-11-19)7-12-20-13-14-21(23)15-22(20)24/h3-6,8-11,13-15H,2H2,1H3. The van der Waals surface area contributed by atoms with E-state index in [0.29, 0.717) is 10.6 Å². The van der Waals surface area contributed by atoms with E-state index in [-0.39, 0.29) is 0 Å². The Bertz CT molecular complexity index is 897. The monoisotopic (exact) mass is 334 g/mol. The van der Waals surface area contributed by atoms with Crippen molar-refractivity contribution in [2.24, 2.45) is 0 Å². The first-order valence-corrected chi connectivity index (χ1v) is 8.20. The molecule has 3 aromatic rings. The number of rotatable bonds is 2. The molecule has 0 N–H and O–H groups in total. The fraction of sp³-hybridized carbons (Fsp3) is 0.0909. The van der Waals surface area contributed by atoms with E-state index in [2.05, 4.69) is 43.0 Å². The van der Waals surface area contributed by atoms with Crippen LogP contribution in [0, 0.1) is 17.7 Å². The summed E-state index contributed by atoms with van der Waals surface area (Å²) in [5.41, 5.74) is 4.83. The smallest absolute Gasteiger partial charge is 0.140 e. The number of hydrogen-bond acceptors (Lipinski definition) is 0. The van der Waals surface area contributed by atoms with Gasteiger partial charge in [-0.3, -0.25) is 0 Å². The van der Waals surface area contributed by atoms with Gasteiger partial charge in [-0.15, -0.1) is 0 Å². The van der Waals surface area contributed by atoms with Crippen LogP contribution in [-0.4, -0.2) is 0 Å². The van der Waals surface area contributed by atoms with Crippen LogP contribution >= 0.6 is 11.6 Å². The van der Waals surface area contributed by atoms with E-state index in [9.17, 15) is 4.39 Å². The average Bonchev–Trinajstić information content (AvgIpc) is 2.62. The van der Waals surface area contributed by atoms with Crippen LogP contribution in [0.2, 0.25) is 5.02 Å². The third-order valence-corrected chi connectivity index (χ3v) is 4.09. The second kappa shape index (κ2) is 7.34. The van der Waals surface area contributed by atoms with Gasteiger partial charge in [0.1, 0.15) is 5.82 Å². The average molecular weight is 335 g/mol. The largest absolute Gasteiger partial charge is 0.206 e. The van der Waals surface area contributed by atoms with E-state index in [0.717, 1.165) is 17.5 Å². The van der Waals surface area contributed by atoms with Gasteiger partial charge in [-0.05, 0) is 53.4 Å². The molecule has 0 saturated heterocycles. The Morgan fingerprint density at radius 3 is 2.04 bits per heavy atom. The number of benzene rings is 3. The maximum atomic E-state index is 13.7. The summed E-state index contributed by atoms with van der Waals surface area (Å²) in [7, 11) is 0. The molecule has 0 aliphatic carbocycles. The number of halogens is 2. The molecule has 0 aliphatic rings. The van der Waals surface area contributed by atoms with E-state index < -0.39 is 5.82 Å². The molecular weight excluding hydrogens is 319 g/mol. The second-order valence-electron chi connectivity index (χ2n) is 5.50. The summed E-state index contributed by atoms with van der Waals surface area (Å²) in [6.07, 6.45) is 1.04. The minimum absolute atomic E-state index is 0.346. The van der Waals surface area contributed by atoms with Gasteiger partial charge in [0.15, 0.2) is 0 Å². The topological polar surface area (TPSA) is 0 Å². The Morgan fingerprint density at radius 1 is 0.833 bits per heavy atom. The zero-order valence-corrected chi connectivity index (χ0v) is 14.1. The lowest BCUT2D eigenvalue weighted by atomic mass is 10.0. The van der Waals surface area contributed by atoms with Gasteiger partial charge < -0.3 is 0 Å². The van der Waals surface area contributed by atoms with Crippen molar-refractivity contribution in [2.75, 3.05) is 0 Å². The Balaban J connectivity index is 1.81. The number of aryl methyl sites for hydroxylation is 1. The lowest BCUT2D eigenvalue weighted by molar-refractivity contribution is 0.624. The van der Waals surface area contributed by atoms with Crippen molar-refractivity contribution in [3.63, 3.8) is 0 Å². The highest BCUT2D eigenvalue weighted by Gasteiger charge is 2.00. The fourth-order valence-corrected chi connectivity index (χ4v) is 2.57. The van der Waals surface area contributed by atoms with Crippen LogP contribution in [0.3, 0.4) is 0 Å². The van der Waals surface area contributed by atoms with Crippen LogP contribution < -0.4 is 0 Å². The predicted octanol–water partition coefficient (Wildman–Crippen LogP) is 6.11. The zero-order valence-electron chi connectivity index (χ0n) is 13.3. The Labute approximate surface area is 146 Å². The first-order chi connectivity index (χ1) is 11.7. The summed E-state index contributed by atoms with van der Waals surface area (Å²) >= 11 is 5.74. The van der Waals surface area contributed by atoms with Crippen molar-refractivity contribution in [3.8, 4) is 23.0 Å². The molecule has 0 aromatic heterocycles. The normalized spacial score (nSPS) is 10.1. The lowest BCUT2D eigenvalue weighted by Crippen LogP contribution is -1.84. The molecule has 0 unspecified atom stereocenters. The zero-order chi connectivity index (χ0) is 16.9. The third-order valence-electron chi connectivity index (χ3n) is 3.85. The van der Waals surface area contributed by atoms with Gasteiger partial charge in [0.2, 0.25) is 0 Å². The molecule has 2 heteroatoms. The van der Waals surface area contributed by atoms with Gasteiger partial charge in [-0.25, -0.2) is 4.39 Å². The summed E-state index contributed by atoms with van der Waals surface area (Å²) < 4.78 is 13.7. The van der Waals surface area contributed by atoms with Gasteiger partial charge >= 0.3 is 0 Å².